The Hall–Kier alpha value is -4.28. The van der Waals surface area contributed by atoms with Crippen molar-refractivity contribution >= 4 is 78.6 Å². The monoisotopic (exact) mass is 756 g/mol. The summed E-state index contributed by atoms with van der Waals surface area (Å²) in [5.74, 6) is 0. The molecule has 0 spiro atoms. The van der Waals surface area contributed by atoms with Crippen LogP contribution in [0.15, 0.2) is 97.1 Å². The van der Waals surface area contributed by atoms with Crippen LogP contribution in [-0.4, -0.2) is 6.71 Å². The lowest BCUT2D eigenvalue weighted by Gasteiger charge is -2.45. The van der Waals surface area contributed by atoms with Crippen molar-refractivity contribution < 1.29 is 0 Å². The highest BCUT2D eigenvalue weighted by Crippen LogP contribution is 2.48. The lowest BCUT2D eigenvalue weighted by molar-refractivity contribution is 0.589. The van der Waals surface area contributed by atoms with Crippen LogP contribution in [0.3, 0.4) is 0 Å². The highest BCUT2D eigenvalue weighted by molar-refractivity contribution is 7.19. The predicted molar refractivity (Wildman–Crippen MR) is 249 cm³/mol. The number of fused-ring (bicyclic) bond motifs is 5. The Bertz CT molecular complexity index is 2480. The van der Waals surface area contributed by atoms with E-state index in [1.54, 1.807) is 0 Å². The van der Waals surface area contributed by atoms with Crippen molar-refractivity contribution in [2.24, 2.45) is 0 Å². The fourth-order valence-electron chi connectivity index (χ4n) is 8.58. The van der Waals surface area contributed by atoms with Crippen LogP contribution in [0.25, 0.3) is 10.1 Å². The van der Waals surface area contributed by atoms with Gasteiger partial charge in [0.2, 0.25) is 0 Å². The number of thiophene rings is 1. The van der Waals surface area contributed by atoms with E-state index in [1.165, 1.54) is 87.7 Å². The second-order valence-corrected chi connectivity index (χ2v) is 22.8. The Balaban J connectivity index is 1.50. The average Bonchev–Trinajstić information content (AvgIpc) is 3.53. The van der Waals surface area contributed by atoms with Crippen molar-refractivity contribution in [3.63, 3.8) is 0 Å². The first kappa shape index (κ1) is 38.6. The van der Waals surface area contributed by atoms with E-state index in [1.807, 2.05) is 11.3 Å². The molecule has 0 saturated heterocycles. The number of anilines is 6. The standard InChI is InChI=1S/C52H61BN2S/c1-48(2,3)33-16-21-37(22-17-33)54-41-25-20-35(50(7,8)9)28-39(41)53-40-31-45-32(27-46(56-45)52(13,14)15)26-42(40)55(38-23-18-34(19-24-38)49(4,5)6)44-30-36(51(10,11)12)29-43(54)47(44)53/h16-31H,1-15H3. The molecule has 2 aliphatic rings. The van der Waals surface area contributed by atoms with Gasteiger partial charge in [0.25, 0.3) is 6.71 Å². The quantitative estimate of drug-likeness (QED) is 0.162. The molecule has 0 amide bonds. The van der Waals surface area contributed by atoms with Gasteiger partial charge < -0.3 is 9.80 Å². The second-order valence-electron chi connectivity index (χ2n) is 21.7. The molecule has 288 valence electrons. The molecule has 0 bridgehead atoms. The van der Waals surface area contributed by atoms with Gasteiger partial charge in [-0.05, 0) is 132 Å². The molecule has 0 saturated carbocycles. The molecule has 0 aliphatic carbocycles. The summed E-state index contributed by atoms with van der Waals surface area (Å²) in [6, 6.07) is 38.6. The topological polar surface area (TPSA) is 6.48 Å². The number of benzene rings is 5. The minimum absolute atomic E-state index is 0.00503. The summed E-state index contributed by atoms with van der Waals surface area (Å²) < 4.78 is 1.36. The van der Waals surface area contributed by atoms with E-state index in [0.717, 1.165) is 0 Å². The lowest BCUT2D eigenvalue weighted by atomic mass is 9.33. The maximum Gasteiger partial charge on any atom is 0.252 e. The largest absolute Gasteiger partial charge is 0.311 e. The summed E-state index contributed by atoms with van der Waals surface area (Å²) in [6.45, 7) is 35.0. The van der Waals surface area contributed by atoms with Gasteiger partial charge in [-0.15, -0.1) is 11.3 Å². The molecule has 0 atom stereocenters. The van der Waals surface area contributed by atoms with E-state index in [0.29, 0.717) is 0 Å². The summed E-state index contributed by atoms with van der Waals surface area (Å²) in [5.41, 5.74) is 17.2. The van der Waals surface area contributed by atoms with Crippen LogP contribution in [0.4, 0.5) is 34.1 Å². The van der Waals surface area contributed by atoms with Crippen LogP contribution < -0.4 is 26.2 Å². The van der Waals surface area contributed by atoms with Crippen molar-refractivity contribution in [1.82, 2.24) is 0 Å². The second kappa shape index (κ2) is 12.6. The van der Waals surface area contributed by atoms with Crippen LogP contribution in [0.5, 0.6) is 0 Å². The van der Waals surface area contributed by atoms with Crippen molar-refractivity contribution in [3.05, 3.63) is 124 Å². The van der Waals surface area contributed by atoms with Gasteiger partial charge in [0.1, 0.15) is 0 Å². The van der Waals surface area contributed by atoms with Crippen LogP contribution >= 0.6 is 11.3 Å². The molecule has 0 radical (unpaired) electrons. The van der Waals surface area contributed by atoms with Crippen LogP contribution in [0.1, 0.15) is 131 Å². The molecule has 5 aromatic carbocycles. The molecular weight excluding hydrogens is 695 g/mol. The first-order valence-electron chi connectivity index (χ1n) is 20.6. The summed E-state index contributed by atoms with van der Waals surface area (Å²) in [6.07, 6.45) is 0. The van der Waals surface area contributed by atoms with E-state index >= 15 is 0 Å². The molecule has 6 aromatic rings. The van der Waals surface area contributed by atoms with E-state index < -0.39 is 0 Å². The summed E-state index contributed by atoms with van der Waals surface area (Å²) in [7, 11) is 0. The molecule has 4 heteroatoms. The average molecular weight is 757 g/mol. The molecule has 8 rings (SSSR count). The van der Waals surface area contributed by atoms with Crippen LogP contribution in [0.2, 0.25) is 0 Å². The Labute approximate surface area is 342 Å². The molecule has 56 heavy (non-hydrogen) atoms. The first-order chi connectivity index (χ1) is 25.9. The third kappa shape index (κ3) is 6.50. The molecule has 0 fully saturated rings. The van der Waals surface area contributed by atoms with Gasteiger partial charge in [-0.25, -0.2) is 0 Å². The number of rotatable bonds is 2. The molecule has 2 nitrogen and oxygen atoms in total. The van der Waals surface area contributed by atoms with Gasteiger partial charge >= 0.3 is 0 Å². The Morgan fingerprint density at radius 2 is 0.839 bits per heavy atom. The fraction of sp³-hybridized carbons (Fsp3) is 0.385. The Morgan fingerprint density at radius 1 is 0.393 bits per heavy atom. The van der Waals surface area contributed by atoms with Gasteiger partial charge in [-0.1, -0.05) is 140 Å². The lowest BCUT2D eigenvalue weighted by Crippen LogP contribution is -2.61. The summed E-state index contributed by atoms with van der Waals surface area (Å²) in [4.78, 5) is 6.60. The summed E-state index contributed by atoms with van der Waals surface area (Å²) in [5, 5.41) is 1.32. The number of hydrogen-bond acceptors (Lipinski definition) is 3. The maximum atomic E-state index is 2.60. The number of nitrogens with zero attached hydrogens (tertiary/aromatic N) is 2. The first-order valence-corrected chi connectivity index (χ1v) is 21.4. The van der Waals surface area contributed by atoms with Crippen LogP contribution in [0, 0.1) is 0 Å². The minimum atomic E-state index is -0.0693. The van der Waals surface area contributed by atoms with E-state index in [9.17, 15) is 0 Å². The SMILES string of the molecule is CC(C)(C)c1ccc(N2c3ccc(C(C)(C)C)cc3B3c4cc5sc(C(C)(C)C)cc5cc4N(c4ccc(C(C)(C)C)cc4)c4cc(C(C)(C)C)cc2c43)cc1. The molecule has 2 aliphatic heterocycles. The predicted octanol–water partition coefficient (Wildman–Crippen LogP) is 13.5. The van der Waals surface area contributed by atoms with Gasteiger partial charge in [-0.2, -0.15) is 0 Å². The van der Waals surface area contributed by atoms with Crippen molar-refractivity contribution in [2.45, 2.75) is 131 Å². The van der Waals surface area contributed by atoms with Gasteiger partial charge in [-0.3, -0.25) is 0 Å². The zero-order valence-corrected chi connectivity index (χ0v) is 37.4. The van der Waals surface area contributed by atoms with Gasteiger partial charge in [0.05, 0.1) is 0 Å². The third-order valence-electron chi connectivity index (χ3n) is 12.2. The van der Waals surface area contributed by atoms with Crippen LogP contribution in [-0.2, 0) is 27.1 Å². The molecule has 3 heterocycles. The van der Waals surface area contributed by atoms with Crippen molar-refractivity contribution in [3.8, 4) is 0 Å². The smallest absolute Gasteiger partial charge is 0.252 e. The molecule has 0 N–H and O–H groups in total. The fourth-order valence-corrected chi connectivity index (χ4v) is 9.73. The Kier molecular flexibility index (Phi) is 8.69. The maximum absolute atomic E-state index is 2.60. The zero-order chi connectivity index (χ0) is 40.5. The molecular formula is C52H61BN2S. The van der Waals surface area contributed by atoms with Crippen molar-refractivity contribution in [1.29, 1.82) is 0 Å². The highest BCUT2D eigenvalue weighted by atomic mass is 32.1. The third-order valence-corrected chi connectivity index (χ3v) is 13.7. The normalized spacial score (nSPS) is 14.6. The zero-order valence-electron chi connectivity index (χ0n) is 36.6. The van der Waals surface area contributed by atoms with Gasteiger partial charge in [0.15, 0.2) is 0 Å². The van der Waals surface area contributed by atoms with Gasteiger partial charge in [0, 0.05) is 43.7 Å². The van der Waals surface area contributed by atoms with E-state index in [-0.39, 0.29) is 33.8 Å². The van der Waals surface area contributed by atoms with Crippen molar-refractivity contribution in [2.75, 3.05) is 9.80 Å². The summed E-state index contributed by atoms with van der Waals surface area (Å²) >= 11 is 1.96. The van der Waals surface area contributed by atoms with E-state index in [4.69, 9.17) is 0 Å². The Morgan fingerprint density at radius 3 is 1.30 bits per heavy atom. The highest BCUT2D eigenvalue weighted by Gasteiger charge is 2.45. The molecule has 0 unspecified atom stereocenters. The van der Waals surface area contributed by atoms with E-state index in [2.05, 4.69) is 211 Å². The molecule has 1 aromatic heterocycles. The minimum Gasteiger partial charge on any atom is -0.311 e. The number of hydrogen-bond donors (Lipinski definition) is 0.